The molecule has 66 valence electrons. The Morgan fingerprint density at radius 3 is 1.64 bits per heavy atom. The lowest BCUT2D eigenvalue weighted by Gasteiger charge is -2.15. The fourth-order valence-electron chi connectivity index (χ4n) is 0.262. The first-order chi connectivity index (χ1) is 4.80. The molecule has 1 atom stereocenters. The van der Waals surface area contributed by atoms with Crippen molar-refractivity contribution in [1.29, 1.82) is 0 Å². The number of alkyl halides is 5. The van der Waals surface area contributed by atoms with Gasteiger partial charge in [-0.25, -0.2) is 13.2 Å². The molecule has 1 unspecified atom stereocenters. The van der Waals surface area contributed by atoms with Crippen molar-refractivity contribution in [3.05, 3.63) is 0 Å². The van der Waals surface area contributed by atoms with Crippen molar-refractivity contribution < 1.29 is 31.1 Å². The Labute approximate surface area is 57.0 Å². The van der Waals surface area contributed by atoms with Crippen LogP contribution in [0.5, 0.6) is 0 Å². The van der Waals surface area contributed by atoms with Crippen LogP contribution in [0.2, 0.25) is 0 Å². The molecule has 0 aliphatic carbocycles. The maximum absolute atomic E-state index is 11.6. The molecule has 0 aromatic rings. The van der Waals surface area contributed by atoms with Gasteiger partial charge in [0.1, 0.15) is 0 Å². The van der Waals surface area contributed by atoms with Crippen LogP contribution in [0.3, 0.4) is 0 Å². The Kier molecular flexibility index (Phi) is 2.89. The van der Waals surface area contributed by atoms with Crippen LogP contribution < -0.4 is 0 Å². The number of hydrogen-bond donors (Lipinski definition) is 0. The third kappa shape index (κ3) is 2.09. The van der Waals surface area contributed by atoms with Gasteiger partial charge in [0.15, 0.2) is 0 Å². The van der Waals surface area contributed by atoms with Crippen LogP contribution in [0.25, 0.3) is 0 Å². The van der Waals surface area contributed by atoms with E-state index in [1.54, 1.807) is 0 Å². The lowest BCUT2D eigenvalue weighted by atomic mass is 10.2. The molecule has 0 spiro atoms. The van der Waals surface area contributed by atoms with E-state index in [0.29, 0.717) is 0 Å². The Morgan fingerprint density at radius 2 is 1.55 bits per heavy atom. The van der Waals surface area contributed by atoms with Gasteiger partial charge in [-0.2, -0.15) is 13.2 Å². The molecule has 1 nitrogen and oxygen atoms in total. The third-order valence-electron chi connectivity index (χ3n) is 0.828. The summed E-state index contributed by atoms with van der Waals surface area (Å²) < 4.78 is 68.2. The number of halogens is 6. The second-order valence-electron chi connectivity index (χ2n) is 1.64. The van der Waals surface area contributed by atoms with Gasteiger partial charge in [-0.3, -0.25) is 4.79 Å². The van der Waals surface area contributed by atoms with Crippen LogP contribution >= 0.6 is 0 Å². The molecule has 0 heterocycles. The molecule has 0 aliphatic rings. The summed E-state index contributed by atoms with van der Waals surface area (Å²) in [6.45, 7) is 0. The van der Waals surface area contributed by atoms with E-state index in [0.717, 1.165) is 0 Å². The summed E-state index contributed by atoms with van der Waals surface area (Å²) >= 11 is 0. The van der Waals surface area contributed by atoms with Gasteiger partial charge in [0, 0.05) is 0 Å². The molecule has 0 aromatic carbocycles. The molecule has 0 amide bonds. The molecular formula is C4H2F6O. The summed E-state index contributed by atoms with van der Waals surface area (Å²) in [4.78, 5) is 9.24. The van der Waals surface area contributed by atoms with Crippen LogP contribution in [0, 0.1) is 0 Å². The largest absolute Gasteiger partial charge is 0.347 e. The lowest BCUT2D eigenvalue weighted by Crippen LogP contribution is -2.41. The summed E-state index contributed by atoms with van der Waals surface area (Å²) in [7, 11) is 0. The van der Waals surface area contributed by atoms with E-state index in [1.165, 1.54) is 0 Å². The van der Waals surface area contributed by atoms with Crippen LogP contribution in [0.15, 0.2) is 0 Å². The molecule has 0 aromatic heterocycles. The zero-order chi connectivity index (χ0) is 9.23. The second-order valence-corrected chi connectivity index (χ2v) is 1.64. The van der Waals surface area contributed by atoms with Crippen LogP contribution in [0.1, 0.15) is 0 Å². The van der Waals surface area contributed by atoms with Gasteiger partial charge in [-0.1, -0.05) is 0 Å². The molecule has 0 saturated carbocycles. The Balaban J connectivity index is 4.41. The molecule has 0 radical (unpaired) electrons. The number of rotatable bonds is 3. The fraction of sp³-hybridized carbons (Fsp3) is 0.750. The first-order valence-corrected chi connectivity index (χ1v) is 2.29. The van der Waals surface area contributed by atoms with Crippen LogP contribution in [0.4, 0.5) is 26.3 Å². The molecule has 0 aliphatic heterocycles. The summed E-state index contributed by atoms with van der Waals surface area (Å²) in [6, 6.07) is -3.10. The topological polar surface area (TPSA) is 17.1 Å². The number of hydrogen-bond acceptors (Lipinski definition) is 1. The predicted molar refractivity (Wildman–Crippen MR) is 22.0 cm³/mol. The molecule has 0 bridgehead atoms. The van der Waals surface area contributed by atoms with E-state index in [-0.39, 0.29) is 0 Å². The maximum atomic E-state index is 11.6. The van der Waals surface area contributed by atoms with Gasteiger partial charge in [0.2, 0.25) is 0 Å². The third-order valence-corrected chi connectivity index (χ3v) is 0.828. The van der Waals surface area contributed by atoms with Crippen LogP contribution in [-0.4, -0.2) is 24.6 Å². The Morgan fingerprint density at radius 1 is 1.18 bits per heavy atom. The average Bonchev–Trinajstić information content (AvgIpc) is 1.85. The molecule has 0 N–H and O–H groups in total. The van der Waals surface area contributed by atoms with Gasteiger partial charge in [-0.15, -0.1) is 0 Å². The highest BCUT2D eigenvalue weighted by atomic mass is 19.3. The van der Waals surface area contributed by atoms with E-state index < -0.39 is 24.6 Å². The normalized spacial score (nSPS) is 15.2. The van der Waals surface area contributed by atoms with E-state index in [9.17, 15) is 31.1 Å². The molecule has 11 heavy (non-hydrogen) atoms. The van der Waals surface area contributed by atoms with Gasteiger partial charge in [-0.05, 0) is 0 Å². The van der Waals surface area contributed by atoms with E-state index >= 15 is 0 Å². The average molecular weight is 180 g/mol. The van der Waals surface area contributed by atoms with Gasteiger partial charge < -0.3 is 0 Å². The van der Waals surface area contributed by atoms with Gasteiger partial charge in [0.05, 0.1) is 0 Å². The zero-order valence-electron chi connectivity index (χ0n) is 4.83. The zero-order valence-corrected chi connectivity index (χ0v) is 4.83. The lowest BCUT2D eigenvalue weighted by molar-refractivity contribution is -0.184. The van der Waals surface area contributed by atoms with Crippen molar-refractivity contribution in [3.63, 3.8) is 0 Å². The van der Waals surface area contributed by atoms with Crippen molar-refractivity contribution >= 4 is 6.04 Å². The SMILES string of the molecule is O=C(F)C(F)C(F)(F)C(F)F. The first kappa shape index (κ1) is 10.2. The molecule has 0 saturated heterocycles. The summed E-state index contributed by atoms with van der Waals surface area (Å²) in [5.74, 6) is -5.24. The molecular weight excluding hydrogens is 178 g/mol. The van der Waals surface area contributed by atoms with Crippen molar-refractivity contribution in [2.75, 3.05) is 0 Å². The quantitative estimate of drug-likeness (QED) is 0.477. The smallest absolute Gasteiger partial charge is 0.257 e. The van der Waals surface area contributed by atoms with Crippen molar-refractivity contribution in [1.82, 2.24) is 0 Å². The number of carbonyl (C=O) groups excluding carboxylic acids is 1. The highest BCUT2D eigenvalue weighted by molar-refractivity contribution is 5.74. The van der Waals surface area contributed by atoms with E-state index in [4.69, 9.17) is 0 Å². The minimum atomic E-state index is -5.24. The standard InChI is InChI=1S/C4H2F6O/c5-1(2(6)11)4(9,10)3(7)8/h1,3H. The Hall–Kier alpha value is -0.750. The van der Waals surface area contributed by atoms with Crippen molar-refractivity contribution in [2.45, 2.75) is 18.5 Å². The minimum Gasteiger partial charge on any atom is -0.257 e. The fourth-order valence-corrected chi connectivity index (χ4v) is 0.262. The van der Waals surface area contributed by atoms with Crippen molar-refractivity contribution in [3.8, 4) is 0 Å². The molecule has 7 heteroatoms. The second kappa shape index (κ2) is 3.10. The highest BCUT2D eigenvalue weighted by Crippen LogP contribution is 2.29. The molecule has 0 rings (SSSR count). The maximum Gasteiger partial charge on any atom is 0.347 e. The summed E-state index contributed by atoms with van der Waals surface area (Å²) in [5, 5.41) is 0. The van der Waals surface area contributed by atoms with Crippen molar-refractivity contribution in [2.24, 2.45) is 0 Å². The summed E-state index contributed by atoms with van der Waals surface area (Å²) in [5.41, 5.74) is 0. The van der Waals surface area contributed by atoms with E-state index in [2.05, 4.69) is 0 Å². The minimum absolute atomic E-state index is 3.10. The predicted octanol–water partition coefficient (Wildman–Crippen LogP) is 1.72. The van der Waals surface area contributed by atoms with Gasteiger partial charge in [0.25, 0.3) is 6.17 Å². The van der Waals surface area contributed by atoms with Gasteiger partial charge >= 0.3 is 18.4 Å². The molecule has 0 fully saturated rings. The highest BCUT2D eigenvalue weighted by Gasteiger charge is 2.53. The first-order valence-electron chi connectivity index (χ1n) is 2.29. The van der Waals surface area contributed by atoms with Crippen LogP contribution in [-0.2, 0) is 4.79 Å². The monoisotopic (exact) mass is 180 g/mol. The Bertz CT molecular complexity index is 155. The summed E-state index contributed by atoms with van der Waals surface area (Å²) in [6.07, 6.45) is -8.47. The van der Waals surface area contributed by atoms with E-state index in [1.807, 2.05) is 0 Å². The number of carbonyl (C=O) groups is 1.